The van der Waals surface area contributed by atoms with Crippen LogP contribution in [0.1, 0.15) is 37.4 Å². The van der Waals surface area contributed by atoms with Crippen LogP contribution in [0, 0.1) is 6.92 Å². The number of benzene rings is 2. The van der Waals surface area contributed by atoms with Crippen molar-refractivity contribution in [2.24, 2.45) is 0 Å². The van der Waals surface area contributed by atoms with Crippen LogP contribution in [0.15, 0.2) is 67.0 Å². The van der Waals surface area contributed by atoms with E-state index in [1.165, 1.54) is 12.1 Å². The summed E-state index contributed by atoms with van der Waals surface area (Å²) in [7, 11) is 0. The van der Waals surface area contributed by atoms with Crippen molar-refractivity contribution < 1.29 is 27.5 Å². The third-order valence-corrected chi connectivity index (χ3v) is 6.95. The molecule has 1 aliphatic heterocycles. The van der Waals surface area contributed by atoms with Crippen molar-refractivity contribution in [3.8, 4) is 5.75 Å². The van der Waals surface area contributed by atoms with Gasteiger partial charge >= 0.3 is 6.36 Å². The number of aryl methyl sites for hydroxylation is 1. The van der Waals surface area contributed by atoms with Crippen molar-refractivity contribution in [3.63, 3.8) is 0 Å². The largest absolute Gasteiger partial charge is 0.573 e. The van der Waals surface area contributed by atoms with Gasteiger partial charge in [-0.05, 0) is 41.8 Å². The van der Waals surface area contributed by atoms with E-state index in [2.05, 4.69) is 14.6 Å². The number of rotatable bonds is 5. The number of ether oxygens (including phenoxy) is 1. The molecule has 186 valence electrons. The third-order valence-electron chi connectivity index (χ3n) is 6.95. The molecule has 9 heteroatoms. The number of hydrogen-bond donors (Lipinski definition) is 0. The highest BCUT2D eigenvalue weighted by Crippen LogP contribution is 2.44. The highest BCUT2D eigenvalue weighted by Gasteiger charge is 2.58. The van der Waals surface area contributed by atoms with Gasteiger partial charge in [-0.2, -0.15) is 0 Å². The summed E-state index contributed by atoms with van der Waals surface area (Å²) in [6.45, 7) is 4.62. The van der Waals surface area contributed by atoms with Gasteiger partial charge in [-0.1, -0.05) is 36.4 Å². The number of Topliss-reactive ketones (excluding diaryl/α,β-unsaturated/α-hetero) is 2. The Morgan fingerprint density at radius 2 is 1.61 bits per heavy atom. The fraction of sp³-hybridized carbons (Fsp3) is 0.296. The van der Waals surface area contributed by atoms with E-state index >= 15 is 0 Å². The topological polar surface area (TPSA) is 62.7 Å². The van der Waals surface area contributed by atoms with Crippen LogP contribution >= 0.6 is 0 Å². The fourth-order valence-electron chi connectivity index (χ4n) is 5.17. The third kappa shape index (κ3) is 4.18. The molecule has 0 spiro atoms. The van der Waals surface area contributed by atoms with Crippen molar-refractivity contribution >= 4 is 11.6 Å². The number of aromatic nitrogens is 1. The van der Waals surface area contributed by atoms with Gasteiger partial charge in [0.15, 0.2) is 17.1 Å². The van der Waals surface area contributed by atoms with Gasteiger partial charge < -0.3 is 4.74 Å². The first-order valence-corrected chi connectivity index (χ1v) is 11.6. The summed E-state index contributed by atoms with van der Waals surface area (Å²) >= 11 is 0. The minimum atomic E-state index is -4.89. The molecule has 0 radical (unpaired) electrons. The Kier molecular flexibility index (Phi) is 6.13. The number of piperazine rings is 1. The summed E-state index contributed by atoms with van der Waals surface area (Å²) in [5.74, 6) is -1.32. The van der Waals surface area contributed by atoms with Crippen LogP contribution in [-0.4, -0.2) is 58.9 Å². The molecule has 2 aromatic carbocycles. The average Bonchev–Trinajstić information content (AvgIpc) is 3.08. The number of nitrogens with zero attached hydrogens (tertiary/aromatic N) is 3. The number of alkyl halides is 3. The van der Waals surface area contributed by atoms with E-state index in [0.717, 1.165) is 23.3 Å². The van der Waals surface area contributed by atoms with E-state index in [9.17, 15) is 22.8 Å². The highest BCUT2D eigenvalue weighted by molar-refractivity contribution is 6.32. The zero-order chi connectivity index (χ0) is 25.5. The van der Waals surface area contributed by atoms with E-state index in [4.69, 9.17) is 0 Å². The maximum absolute atomic E-state index is 13.9. The molecule has 6 nitrogen and oxygen atoms in total. The molecule has 0 atom stereocenters. The monoisotopic (exact) mass is 495 g/mol. The van der Waals surface area contributed by atoms with Gasteiger partial charge in [-0.3, -0.25) is 24.4 Å². The lowest BCUT2D eigenvalue weighted by atomic mass is 9.82. The first-order valence-electron chi connectivity index (χ1n) is 11.6. The van der Waals surface area contributed by atoms with E-state index < -0.39 is 29.2 Å². The summed E-state index contributed by atoms with van der Waals surface area (Å²) in [6, 6.07) is 13.7. The second-order valence-corrected chi connectivity index (χ2v) is 9.06. The van der Waals surface area contributed by atoms with Crippen molar-refractivity contribution in [1.29, 1.82) is 0 Å². The van der Waals surface area contributed by atoms with Crippen LogP contribution in [0.2, 0.25) is 0 Å². The van der Waals surface area contributed by atoms with Gasteiger partial charge in [-0.25, -0.2) is 0 Å². The van der Waals surface area contributed by atoms with Crippen LogP contribution in [0.5, 0.6) is 5.75 Å². The molecule has 1 aliphatic carbocycles. The second kappa shape index (κ2) is 9.15. The molecule has 1 saturated heterocycles. The summed E-state index contributed by atoms with van der Waals surface area (Å²) in [4.78, 5) is 36.0. The minimum absolute atomic E-state index is 0.173. The molecule has 0 N–H and O–H groups in total. The molecule has 5 rings (SSSR count). The molecule has 1 fully saturated rings. The molecule has 36 heavy (non-hydrogen) atoms. The molecule has 2 aliphatic rings. The molecule has 2 heterocycles. The predicted molar refractivity (Wildman–Crippen MR) is 126 cm³/mol. The molecular weight excluding hydrogens is 471 g/mol. The summed E-state index contributed by atoms with van der Waals surface area (Å²) < 4.78 is 42.9. The number of ketones is 2. The van der Waals surface area contributed by atoms with E-state index in [0.29, 0.717) is 32.7 Å². The number of fused-ring (bicyclic) bond motifs is 1. The molecule has 3 aromatic rings. The number of carbonyl (C=O) groups is 2. The lowest BCUT2D eigenvalue weighted by Gasteiger charge is -2.44. The van der Waals surface area contributed by atoms with Crippen LogP contribution < -0.4 is 4.74 Å². The van der Waals surface area contributed by atoms with Gasteiger partial charge in [0.25, 0.3) is 0 Å². The number of hydrogen-bond acceptors (Lipinski definition) is 6. The van der Waals surface area contributed by atoms with E-state index in [1.807, 2.05) is 19.2 Å². The molecule has 0 unspecified atom stereocenters. The number of carbonyl (C=O) groups excluding carboxylic acids is 2. The molecule has 1 aromatic heterocycles. The van der Waals surface area contributed by atoms with E-state index in [-0.39, 0.29) is 16.7 Å². The van der Waals surface area contributed by atoms with Crippen LogP contribution in [0.4, 0.5) is 13.2 Å². The normalized spacial score (nSPS) is 18.3. The van der Waals surface area contributed by atoms with Gasteiger partial charge in [-0.15, -0.1) is 13.2 Å². The van der Waals surface area contributed by atoms with Gasteiger partial charge in [0.05, 0.1) is 0 Å². The first kappa shape index (κ1) is 24.1. The van der Waals surface area contributed by atoms with Crippen molar-refractivity contribution in [2.75, 3.05) is 26.2 Å². The Bertz CT molecular complexity index is 1280. The van der Waals surface area contributed by atoms with Crippen molar-refractivity contribution in [1.82, 2.24) is 14.8 Å². The fourth-order valence-corrected chi connectivity index (χ4v) is 5.17. The first-order chi connectivity index (χ1) is 17.2. The smallest absolute Gasteiger partial charge is 0.406 e. The van der Waals surface area contributed by atoms with Gasteiger partial charge in [0.2, 0.25) is 0 Å². The molecule has 0 amide bonds. The number of halogens is 3. The Balaban J connectivity index is 1.50. The maximum Gasteiger partial charge on any atom is 0.573 e. The SMILES string of the molecule is Cc1ccncc1CN1CCN(C2(c3cccc(OC(F)(F)F)c3)C(=O)c3ccccc3C2=O)CC1. The Morgan fingerprint density at radius 3 is 2.22 bits per heavy atom. The zero-order valence-corrected chi connectivity index (χ0v) is 19.6. The Morgan fingerprint density at radius 1 is 0.944 bits per heavy atom. The summed E-state index contributed by atoms with van der Waals surface area (Å²) in [6.07, 6.45) is -1.32. The second-order valence-electron chi connectivity index (χ2n) is 9.06. The van der Waals surface area contributed by atoms with Crippen molar-refractivity contribution in [3.05, 3.63) is 94.8 Å². The quantitative estimate of drug-likeness (QED) is 0.490. The molecular formula is C27H24F3N3O3. The lowest BCUT2D eigenvalue weighted by Crippen LogP contribution is -2.60. The van der Waals surface area contributed by atoms with Crippen molar-refractivity contribution in [2.45, 2.75) is 25.4 Å². The summed E-state index contributed by atoms with van der Waals surface area (Å²) in [5.41, 5.74) is 1.20. The Hall–Kier alpha value is -3.56. The van der Waals surface area contributed by atoms with Gasteiger partial charge in [0, 0.05) is 56.2 Å². The zero-order valence-electron chi connectivity index (χ0n) is 19.6. The van der Waals surface area contributed by atoms with E-state index in [1.54, 1.807) is 35.4 Å². The number of pyridine rings is 1. The lowest BCUT2D eigenvalue weighted by molar-refractivity contribution is -0.274. The predicted octanol–water partition coefficient (Wildman–Crippen LogP) is 4.38. The van der Waals surface area contributed by atoms with Crippen LogP contribution in [0.25, 0.3) is 0 Å². The molecule has 0 bridgehead atoms. The summed E-state index contributed by atoms with van der Waals surface area (Å²) in [5, 5.41) is 0. The minimum Gasteiger partial charge on any atom is -0.406 e. The standard InChI is InChI=1S/C27H24F3N3O3/c1-18-9-10-31-16-19(18)17-32-11-13-33(14-12-32)26(20-5-4-6-21(15-20)36-27(28,29)30)24(34)22-7-2-3-8-23(22)25(26)35/h2-10,15-16H,11-14,17H2,1H3. The highest BCUT2D eigenvalue weighted by atomic mass is 19.4. The molecule has 0 saturated carbocycles. The Labute approximate surface area is 206 Å². The maximum atomic E-state index is 13.9. The van der Waals surface area contributed by atoms with Crippen LogP contribution in [-0.2, 0) is 12.1 Å². The average molecular weight is 496 g/mol. The van der Waals surface area contributed by atoms with Gasteiger partial charge in [0.1, 0.15) is 5.75 Å². The van der Waals surface area contributed by atoms with Crippen LogP contribution in [0.3, 0.4) is 0 Å².